The minimum atomic E-state index is -1.32. The first-order valence-electron chi connectivity index (χ1n) is 5.94. The van der Waals surface area contributed by atoms with Crippen LogP contribution in [0, 0.1) is 0 Å². The molecular formula is C12H14N2O5. The fourth-order valence-corrected chi connectivity index (χ4v) is 1.73. The van der Waals surface area contributed by atoms with Gasteiger partial charge in [-0.25, -0.2) is 4.79 Å². The first-order valence-corrected chi connectivity index (χ1v) is 5.94. The van der Waals surface area contributed by atoms with E-state index in [0.29, 0.717) is 0 Å². The zero-order valence-electron chi connectivity index (χ0n) is 10.1. The van der Waals surface area contributed by atoms with E-state index in [1.165, 1.54) is 0 Å². The molecule has 0 spiro atoms. The molecule has 0 saturated heterocycles. The molecule has 0 radical (unpaired) electrons. The number of carboxylic acids is 1. The van der Waals surface area contributed by atoms with Gasteiger partial charge in [-0.3, -0.25) is 9.59 Å². The molecule has 1 aromatic rings. The number of carbonyl (C=O) groups is 2. The molecule has 0 unspecified atom stereocenters. The molecule has 0 aromatic carbocycles. The summed E-state index contributed by atoms with van der Waals surface area (Å²) < 4.78 is 0.967. The molecule has 1 fully saturated rings. The van der Waals surface area contributed by atoms with Gasteiger partial charge in [-0.1, -0.05) is 0 Å². The maximum atomic E-state index is 11.6. The van der Waals surface area contributed by atoms with E-state index in [0.717, 1.165) is 29.5 Å². The lowest BCUT2D eigenvalue weighted by Crippen LogP contribution is -2.30. The van der Waals surface area contributed by atoms with Crippen molar-refractivity contribution in [2.75, 3.05) is 0 Å². The van der Waals surface area contributed by atoms with Gasteiger partial charge in [-0.15, -0.1) is 0 Å². The third-order valence-electron chi connectivity index (χ3n) is 2.84. The van der Waals surface area contributed by atoms with Crippen LogP contribution in [0.2, 0.25) is 0 Å². The van der Waals surface area contributed by atoms with E-state index >= 15 is 0 Å². The maximum Gasteiger partial charge on any atom is 0.352 e. The van der Waals surface area contributed by atoms with Gasteiger partial charge in [0.1, 0.15) is 11.4 Å². The lowest BCUT2D eigenvalue weighted by atomic mass is 10.3. The smallest absolute Gasteiger partial charge is 0.352 e. The fourth-order valence-electron chi connectivity index (χ4n) is 1.73. The average Bonchev–Trinajstić information content (AvgIpc) is 3.10. The van der Waals surface area contributed by atoms with Crippen molar-refractivity contribution < 1.29 is 19.8 Å². The van der Waals surface area contributed by atoms with Crippen LogP contribution < -0.4 is 10.9 Å². The van der Waals surface area contributed by atoms with Crippen LogP contribution in [-0.2, 0) is 11.3 Å². The molecule has 1 aromatic heterocycles. The minimum Gasteiger partial charge on any atom is -0.508 e. The Kier molecular flexibility index (Phi) is 3.55. The lowest BCUT2D eigenvalue weighted by Gasteiger charge is -2.10. The summed E-state index contributed by atoms with van der Waals surface area (Å²) in [5.74, 6) is -1.93. The molecule has 102 valence electrons. The van der Waals surface area contributed by atoms with Gasteiger partial charge in [0.15, 0.2) is 0 Å². The summed E-state index contributed by atoms with van der Waals surface area (Å²) in [6.07, 6.45) is 1.96. The highest BCUT2D eigenvalue weighted by molar-refractivity contribution is 5.86. The van der Waals surface area contributed by atoms with Gasteiger partial charge < -0.3 is 20.1 Å². The zero-order chi connectivity index (χ0) is 14.0. The first kappa shape index (κ1) is 13.1. The van der Waals surface area contributed by atoms with Crippen molar-refractivity contribution in [2.24, 2.45) is 0 Å². The molecule has 1 aliphatic carbocycles. The number of carboxylic acid groups (broad SMARTS) is 1. The second-order valence-corrected chi connectivity index (χ2v) is 4.49. The van der Waals surface area contributed by atoms with Crippen LogP contribution in [0.5, 0.6) is 5.75 Å². The number of aromatic carboxylic acids is 1. The lowest BCUT2D eigenvalue weighted by molar-refractivity contribution is -0.121. The highest BCUT2D eigenvalue weighted by atomic mass is 16.4. The number of nitrogens with one attached hydrogen (secondary N) is 1. The van der Waals surface area contributed by atoms with Gasteiger partial charge in [-0.2, -0.15) is 0 Å². The SMILES string of the molecule is O=C(CCn1c(C(=O)O)cc(O)cc1=O)NC1CC1. The van der Waals surface area contributed by atoms with Crippen LogP contribution in [0.4, 0.5) is 0 Å². The Labute approximate surface area is 108 Å². The maximum absolute atomic E-state index is 11.6. The van der Waals surface area contributed by atoms with Gasteiger partial charge in [-0.05, 0) is 12.8 Å². The Morgan fingerprint density at radius 3 is 2.63 bits per heavy atom. The topological polar surface area (TPSA) is 109 Å². The number of pyridine rings is 1. The van der Waals surface area contributed by atoms with E-state index in [1.54, 1.807) is 0 Å². The third-order valence-corrected chi connectivity index (χ3v) is 2.84. The summed E-state index contributed by atoms with van der Waals surface area (Å²) >= 11 is 0. The minimum absolute atomic E-state index is 0.0285. The standard InChI is InChI=1S/C12H14N2O5/c15-8-5-9(12(18)19)14(11(17)6-8)4-3-10(16)13-7-1-2-7/h5-7,15H,1-4H2,(H,13,16)(H,18,19). The molecule has 0 bridgehead atoms. The van der Waals surface area contributed by atoms with Gasteiger partial charge >= 0.3 is 5.97 Å². The number of aromatic hydroxyl groups is 1. The summed E-state index contributed by atoms with van der Waals surface area (Å²) in [6, 6.07) is 2.14. The Bertz CT molecular complexity index is 574. The molecule has 1 heterocycles. The van der Waals surface area contributed by atoms with Crippen LogP contribution >= 0.6 is 0 Å². The number of amides is 1. The predicted molar refractivity (Wildman–Crippen MR) is 65.1 cm³/mol. The number of aromatic nitrogens is 1. The van der Waals surface area contributed by atoms with Gasteiger partial charge in [0.05, 0.1) is 0 Å². The van der Waals surface area contributed by atoms with Crippen LogP contribution in [-0.4, -0.2) is 32.7 Å². The van der Waals surface area contributed by atoms with Crippen LogP contribution in [0.1, 0.15) is 29.8 Å². The van der Waals surface area contributed by atoms with Crippen molar-refractivity contribution in [1.29, 1.82) is 0 Å². The number of hydrogen-bond acceptors (Lipinski definition) is 4. The average molecular weight is 266 g/mol. The van der Waals surface area contributed by atoms with Crippen LogP contribution in [0.15, 0.2) is 16.9 Å². The van der Waals surface area contributed by atoms with Crippen molar-refractivity contribution in [3.8, 4) is 5.75 Å². The van der Waals surface area contributed by atoms with Gasteiger partial charge in [0, 0.05) is 31.1 Å². The van der Waals surface area contributed by atoms with Crippen LogP contribution in [0.25, 0.3) is 0 Å². The molecule has 0 atom stereocenters. The second-order valence-electron chi connectivity index (χ2n) is 4.49. The third kappa shape index (κ3) is 3.34. The second kappa shape index (κ2) is 5.13. The number of carbonyl (C=O) groups excluding carboxylic acids is 1. The Hall–Kier alpha value is -2.31. The van der Waals surface area contributed by atoms with Gasteiger partial charge in [0.2, 0.25) is 5.91 Å². The van der Waals surface area contributed by atoms with E-state index < -0.39 is 17.3 Å². The molecule has 3 N–H and O–H groups in total. The van der Waals surface area contributed by atoms with Crippen molar-refractivity contribution in [3.63, 3.8) is 0 Å². The first-order chi connectivity index (χ1) is 8.97. The normalized spacial score (nSPS) is 14.1. The Morgan fingerprint density at radius 1 is 1.37 bits per heavy atom. The van der Waals surface area contributed by atoms with E-state index in [1.807, 2.05) is 0 Å². The molecule has 1 amide bonds. The summed E-state index contributed by atoms with van der Waals surface area (Å²) in [5.41, 5.74) is -0.971. The molecule has 1 aliphatic rings. The Balaban J connectivity index is 2.11. The molecule has 7 nitrogen and oxygen atoms in total. The van der Waals surface area contributed by atoms with Crippen molar-refractivity contribution in [3.05, 3.63) is 28.2 Å². The number of nitrogens with zero attached hydrogens (tertiary/aromatic N) is 1. The van der Waals surface area contributed by atoms with Crippen molar-refractivity contribution >= 4 is 11.9 Å². The number of hydrogen-bond donors (Lipinski definition) is 3. The summed E-state index contributed by atoms with van der Waals surface area (Å²) in [6.45, 7) is -0.0285. The van der Waals surface area contributed by atoms with E-state index in [4.69, 9.17) is 5.11 Å². The highest BCUT2D eigenvalue weighted by Gasteiger charge is 2.23. The molecule has 7 heteroatoms. The molecule has 0 aliphatic heterocycles. The molecule has 1 saturated carbocycles. The van der Waals surface area contributed by atoms with Crippen molar-refractivity contribution in [2.45, 2.75) is 31.8 Å². The summed E-state index contributed by atoms with van der Waals surface area (Å²) in [7, 11) is 0. The quantitative estimate of drug-likeness (QED) is 0.690. The molecule has 2 rings (SSSR count). The van der Waals surface area contributed by atoms with E-state index in [-0.39, 0.29) is 30.6 Å². The fraction of sp³-hybridized carbons (Fsp3) is 0.417. The molecular weight excluding hydrogens is 252 g/mol. The largest absolute Gasteiger partial charge is 0.508 e. The highest BCUT2D eigenvalue weighted by Crippen LogP contribution is 2.18. The van der Waals surface area contributed by atoms with Crippen LogP contribution in [0.3, 0.4) is 0 Å². The number of rotatable bonds is 5. The molecule has 19 heavy (non-hydrogen) atoms. The summed E-state index contributed by atoms with van der Waals surface area (Å²) in [4.78, 5) is 34.1. The van der Waals surface area contributed by atoms with E-state index in [9.17, 15) is 19.5 Å². The van der Waals surface area contributed by atoms with E-state index in [2.05, 4.69) is 5.32 Å². The monoisotopic (exact) mass is 266 g/mol. The Morgan fingerprint density at radius 2 is 2.05 bits per heavy atom. The zero-order valence-corrected chi connectivity index (χ0v) is 10.1. The van der Waals surface area contributed by atoms with Crippen molar-refractivity contribution in [1.82, 2.24) is 9.88 Å². The van der Waals surface area contributed by atoms with Gasteiger partial charge in [0.25, 0.3) is 5.56 Å². The summed E-state index contributed by atoms with van der Waals surface area (Å²) in [5, 5.41) is 20.9. The predicted octanol–water partition coefficient (Wildman–Crippen LogP) is -0.0792.